The highest BCUT2D eigenvalue weighted by Crippen LogP contribution is 2.24. The van der Waals surface area contributed by atoms with E-state index in [1.807, 2.05) is 0 Å². The quantitative estimate of drug-likeness (QED) is 0.126. The maximum absolute atomic E-state index is 13.4. The molecule has 0 aromatic heterocycles. The maximum atomic E-state index is 13.4. The van der Waals surface area contributed by atoms with Gasteiger partial charge in [-0.15, -0.1) is 11.8 Å². The molecule has 0 aliphatic heterocycles. The highest BCUT2D eigenvalue weighted by atomic mass is 32.2. The number of anilines is 2. The van der Waals surface area contributed by atoms with E-state index in [-0.39, 0.29) is 22.9 Å². The van der Waals surface area contributed by atoms with Gasteiger partial charge in [0.1, 0.15) is 11.4 Å². The van der Waals surface area contributed by atoms with Gasteiger partial charge in [0.05, 0.1) is 18.4 Å². The van der Waals surface area contributed by atoms with Crippen LogP contribution in [0, 0.1) is 6.92 Å². The van der Waals surface area contributed by atoms with E-state index in [2.05, 4.69) is 16.0 Å². The van der Waals surface area contributed by atoms with E-state index >= 15 is 0 Å². The lowest BCUT2D eigenvalue weighted by Crippen LogP contribution is -2.30. The first kappa shape index (κ1) is 30.6. The number of benzene rings is 4. The van der Waals surface area contributed by atoms with E-state index < -0.39 is 17.8 Å². The second-order valence-electron chi connectivity index (χ2n) is 9.27. The van der Waals surface area contributed by atoms with Gasteiger partial charge in [-0.25, -0.2) is 4.79 Å². The molecule has 9 nitrogen and oxygen atoms in total. The number of methoxy groups -OCH3 is 1. The summed E-state index contributed by atoms with van der Waals surface area (Å²) in [5.74, 6) is -1.80. The standard InChI is InChI=1S/C33H29N3O6S/c1-21-15-16-24(33(40)41)18-27(21)35-30(37)20-43-26-13-8-12-25(19-26)34-32(39)28(17-23-11-6-7-14-29(23)42-2)36-31(38)22-9-4-3-5-10-22/h3-19H,20H2,1-2H3,(H,34,39)(H,35,37)(H,36,38)(H,40,41)/b28-17+. The van der Waals surface area contributed by atoms with Gasteiger partial charge in [-0.3, -0.25) is 14.4 Å². The Labute approximate surface area is 253 Å². The predicted molar refractivity (Wildman–Crippen MR) is 167 cm³/mol. The molecule has 3 amide bonds. The Morgan fingerprint density at radius 2 is 1.58 bits per heavy atom. The normalized spacial score (nSPS) is 10.9. The number of carbonyl (C=O) groups is 4. The molecule has 0 unspecified atom stereocenters. The van der Waals surface area contributed by atoms with Crippen LogP contribution in [0.1, 0.15) is 31.8 Å². The van der Waals surface area contributed by atoms with Crippen LogP contribution < -0.4 is 20.7 Å². The number of nitrogens with one attached hydrogen (secondary N) is 3. The number of amides is 3. The van der Waals surface area contributed by atoms with Crippen molar-refractivity contribution in [3.05, 3.63) is 125 Å². The number of hydrogen-bond donors (Lipinski definition) is 4. The van der Waals surface area contributed by atoms with E-state index in [4.69, 9.17) is 4.74 Å². The van der Waals surface area contributed by atoms with Crippen molar-refractivity contribution in [2.45, 2.75) is 11.8 Å². The first-order valence-electron chi connectivity index (χ1n) is 13.1. The van der Waals surface area contributed by atoms with Gasteiger partial charge in [0.2, 0.25) is 5.91 Å². The molecule has 4 N–H and O–H groups in total. The molecule has 43 heavy (non-hydrogen) atoms. The van der Waals surface area contributed by atoms with Crippen LogP contribution in [0.4, 0.5) is 11.4 Å². The van der Waals surface area contributed by atoms with Gasteiger partial charge in [0.15, 0.2) is 0 Å². The molecular formula is C33H29N3O6S. The third kappa shape index (κ3) is 8.57. The molecule has 0 fully saturated rings. The number of aryl methyl sites for hydroxylation is 1. The van der Waals surface area contributed by atoms with Crippen molar-refractivity contribution in [3.63, 3.8) is 0 Å². The number of aromatic carboxylic acids is 1. The fourth-order valence-corrected chi connectivity index (χ4v) is 4.73. The van der Waals surface area contributed by atoms with E-state index in [1.165, 1.54) is 31.0 Å². The van der Waals surface area contributed by atoms with Crippen molar-refractivity contribution in [3.8, 4) is 5.75 Å². The number of thioether (sulfide) groups is 1. The minimum absolute atomic E-state index is 0.00903. The minimum atomic E-state index is -1.08. The Hall–Kier alpha value is -5.35. The zero-order valence-electron chi connectivity index (χ0n) is 23.4. The van der Waals surface area contributed by atoms with Gasteiger partial charge in [0.25, 0.3) is 11.8 Å². The second kappa shape index (κ2) is 14.5. The van der Waals surface area contributed by atoms with Crippen molar-refractivity contribution >= 4 is 52.9 Å². The molecule has 4 rings (SSSR count). The van der Waals surface area contributed by atoms with Crippen molar-refractivity contribution in [2.75, 3.05) is 23.5 Å². The van der Waals surface area contributed by atoms with Crippen molar-refractivity contribution in [1.29, 1.82) is 0 Å². The lowest BCUT2D eigenvalue weighted by Gasteiger charge is -2.13. The van der Waals surface area contributed by atoms with Crippen LogP contribution in [0.15, 0.2) is 108 Å². The average Bonchev–Trinajstić information content (AvgIpc) is 3.01. The Kier molecular flexibility index (Phi) is 10.3. The molecule has 218 valence electrons. The zero-order valence-corrected chi connectivity index (χ0v) is 24.2. The van der Waals surface area contributed by atoms with Gasteiger partial charge < -0.3 is 25.8 Å². The Morgan fingerprint density at radius 3 is 2.33 bits per heavy atom. The fraction of sp³-hybridized carbons (Fsp3) is 0.0909. The van der Waals surface area contributed by atoms with E-state index in [1.54, 1.807) is 97.9 Å². The minimum Gasteiger partial charge on any atom is -0.496 e. The van der Waals surface area contributed by atoms with Crippen LogP contribution in [-0.2, 0) is 9.59 Å². The number of para-hydroxylation sites is 1. The summed E-state index contributed by atoms with van der Waals surface area (Å²) in [7, 11) is 1.52. The molecular weight excluding hydrogens is 566 g/mol. The topological polar surface area (TPSA) is 134 Å². The molecule has 0 aliphatic rings. The van der Waals surface area contributed by atoms with Crippen LogP contribution in [-0.4, -0.2) is 41.7 Å². The third-order valence-corrected chi connectivity index (χ3v) is 7.18. The van der Waals surface area contributed by atoms with Crippen LogP contribution in [0.25, 0.3) is 6.08 Å². The van der Waals surface area contributed by atoms with Gasteiger partial charge >= 0.3 is 5.97 Å². The van der Waals surface area contributed by atoms with Crippen LogP contribution in [0.2, 0.25) is 0 Å². The Morgan fingerprint density at radius 1 is 0.837 bits per heavy atom. The first-order chi connectivity index (χ1) is 20.7. The highest BCUT2D eigenvalue weighted by Gasteiger charge is 2.17. The number of carboxylic acid groups (broad SMARTS) is 1. The van der Waals surface area contributed by atoms with Gasteiger partial charge in [-0.1, -0.05) is 48.5 Å². The fourth-order valence-electron chi connectivity index (χ4n) is 3.97. The molecule has 0 spiro atoms. The summed E-state index contributed by atoms with van der Waals surface area (Å²) >= 11 is 1.25. The summed E-state index contributed by atoms with van der Waals surface area (Å²) in [4.78, 5) is 51.0. The van der Waals surface area contributed by atoms with Gasteiger partial charge in [-0.2, -0.15) is 0 Å². The third-order valence-electron chi connectivity index (χ3n) is 6.19. The number of ether oxygens (including phenoxy) is 1. The molecule has 0 atom stereocenters. The lowest BCUT2D eigenvalue weighted by atomic mass is 10.1. The van der Waals surface area contributed by atoms with Gasteiger partial charge in [-0.05, 0) is 67.1 Å². The van der Waals surface area contributed by atoms with E-state index in [9.17, 15) is 24.3 Å². The van der Waals surface area contributed by atoms with Gasteiger partial charge in [0, 0.05) is 27.4 Å². The number of carbonyl (C=O) groups excluding carboxylic acids is 3. The average molecular weight is 596 g/mol. The highest BCUT2D eigenvalue weighted by molar-refractivity contribution is 8.00. The number of carboxylic acids is 1. The zero-order chi connectivity index (χ0) is 30.8. The van der Waals surface area contributed by atoms with Crippen LogP contribution in [0.3, 0.4) is 0 Å². The SMILES string of the molecule is COc1ccccc1/C=C(/NC(=O)c1ccccc1)C(=O)Nc1cccc(SCC(=O)Nc2cc(C(=O)O)ccc2C)c1. The summed E-state index contributed by atoms with van der Waals surface area (Å²) < 4.78 is 5.41. The number of rotatable bonds is 11. The van der Waals surface area contributed by atoms with E-state index in [0.29, 0.717) is 33.1 Å². The van der Waals surface area contributed by atoms with Crippen molar-refractivity contribution in [1.82, 2.24) is 5.32 Å². The van der Waals surface area contributed by atoms with Crippen LogP contribution in [0.5, 0.6) is 5.75 Å². The molecule has 0 aliphatic carbocycles. The summed E-state index contributed by atoms with van der Waals surface area (Å²) in [5.41, 5.74) is 2.71. The molecule has 0 saturated heterocycles. The molecule has 0 heterocycles. The van der Waals surface area contributed by atoms with Crippen LogP contribution >= 0.6 is 11.8 Å². The largest absolute Gasteiger partial charge is 0.496 e. The van der Waals surface area contributed by atoms with Crippen molar-refractivity contribution < 1.29 is 29.0 Å². The smallest absolute Gasteiger partial charge is 0.335 e. The Bertz CT molecular complexity index is 1690. The summed E-state index contributed by atoms with van der Waals surface area (Å²) in [6.07, 6.45) is 1.54. The monoisotopic (exact) mass is 595 g/mol. The molecule has 4 aromatic carbocycles. The number of hydrogen-bond acceptors (Lipinski definition) is 6. The molecule has 0 radical (unpaired) electrons. The molecule has 4 aromatic rings. The first-order valence-corrected chi connectivity index (χ1v) is 14.1. The summed E-state index contributed by atoms with van der Waals surface area (Å²) in [6.45, 7) is 1.78. The van der Waals surface area contributed by atoms with Crippen molar-refractivity contribution in [2.24, 2.45) is 0 Å². The molecule has 0 saturated carbocycles. The molecule has 10 heteroatoms. The summed E-state index contributed by atoms with van der Waals surface area (Å²) in [6, 6.07) is 27.2. The second-order valence-corrected chi connectivity index (χ2v) is 10.3. The Balaban J connectivity index is 1.47. The maximum Gasteiger partial charge on any atom is 0.335 e. The summed E-state index contributed by atoms with van der Waals surface area (Å²) in [5, 5.41) is 17.5. The molecule has 0 bridgehead atoms. The lowest BCUT2D eigenvalue weighted by molar-refractivity contribution is -0.114. The van der Waals surface area contributed by atoms with E-state index in [0.717, 1.165) is 5.56 Å². The predicted octanol–water partition coefficient (Wildman–Crippen LogP) is 5.84.